The Morgan fingerprint density at radius 1 is 1.10 bits per heavy atom. The number of hydrogen-bond donors (Lipinski definition) is 1. The van der Waals surface area contributed by atoms with Crippen molar-refractivity contribution in [3.8, 4) is 0 Å². The molecule has 0 aromatic rings. The first-order valence-electron chi connectivity index (χ1n) is 8.60. The zero-order chi connectivity index (χ0) is 14.9. The van der Waals surface area contributed by atoms with E-state index in [4.69, 9.17) is 0 Å². The fourth-order valence-electron chi connectivity index (χ4n) is 3.57. The highest BCUT2D eigenvalue weighted by atomic mass is 16.2. The topological polar surface area (TPSA) is 35.6 Å². The van der Waals surface area contributed by atoms with Crippen molar-refractivity contribution in [2.24, 2.45) is 5.92 Å². The van der Waals surface area contributed by atoms with Gasteiger partial charge in [-0.1, -0.05) is 18.9 Å². The van der Waals surface area contributed by atoms with Crippen LogP contribution in [0.3, 0.4) is 0 Å². The summed E-state index contributed by atoms with van der Waals surface area (Å²) >= 11 is 0. The van der Waals surface area contributed by atoms with E-state index in [2.05, 4.69) is 21.7 Å². The highest BCUT2D eigenvalue weighted by Crippen LogP contribution is 2.19. The van der Waals surface area contributed by atoms with E-state index < -0.39 is 0 Å². The number of carbonyl (C=O) groups is 1. The minimum atomic E-state index is 0.130. The molecule has 0 bridgehead atoms. The van der Waals surface area contributed by atoms with Crippen LogP contribution in [0.2, 0.25) is 0 Å². The average Bonchev–Trinajstić information content (AvgIpc) is 2.74. The Morgan fingerprint density at radius 2 is 1.81 bits per heavy atom. The fraction of sp³-hybridized carbons (Fsp3) is 0.824. The van der Waals surface area contributed by atoms with E-state index in [1.54, 1.807) is 6.08 Å². The number of carbonyl (C=O) groups excluding carboxylic acids is 1. The molecule has 0 spiro atoms. The van der Waals surface area contributed by atoms with Gasteiger partial charge in [0.1, 0.15) is 0 Å². The third-order valence-corrected chi connectivity index (χ3v) is 4.63. The number of amides is 1. The van der Waals surface area contributed by atoms with Crippen LogP contribution in [0.15, 0.2) is 12.7 Å². The van der Waals surface area contributed by atoms with E-state index in [-0.39, 0.29) is 5.91 Å². The summed E-state index contributed by atoms with van der Waals surface area (Å²) in [5.74, 6) is 0.870. The van der Waals surface area contributed by atoms with Gasteiger partial charge in [-0.05, 0) is 51.2 Å². The number of rotatable bonds is 6. The Bertz CT molecular complexity index is 324. The Morgan fingerprint density at radius 3 is 2.52 bits per heavy atom. The molecular weight excluding hydrogens is 262 g/mol. The second kappa shape index (κ2) is 9.21. The van der Waals surface area contributed by atoms with E-state index in [1.807, 2.05) is 0 Å². The first kappa shape index (κ1) is 16.5. The van der Waals surface area contributed by atoms with Gasteiger partial charge in [0.25, 0.3) is 0 Å². The smallest absolute Gasteiger partial charge is 0.234 e. The maximum atomic E-state index is 11.8. The van der Waals surface area contributed by atoms with E-state index in [0.717, 1.165) is 19.0 Å². The number of hydrogen-bond acceptors (Lipinski definition) is 3. The lowest BCUT2D eigenvalue weighted by atomic mass is 9.97. The predicted molar refractivity (Wildman–Crippen MR) is 87.3 cm³/mol. The van der Waals surface area contributed by atoms with Crippen LogP contribution >= 0.6 is 0 Å². The number of likely N-dealkylation sites (tertiary alicyclic amines) is 2. The van der Waals surface area contributed by atoms with E-state index in [1.165, 1.54) is 58.2 Å². The summed E-state index contributed by atoms with van der Waals surface area (Å²) in [6.07, 6.45) is 9.80. The second-order valence-electron chi connectivity index (χ2n) is 6.55. The van der Waals surface area contributed by atoms with Gasteiger partial charge in [-0.3, -0.25) is 9.69 Å². The normalized spacial score (nSPS) is 25.2. The maximum Gasteiger partial charge on any atom is 0.234 e. The van der Waals surface area contributed by atoms with E-state index >= 15 is 0 Å². The molecule has 2 saturated heterocycles. The van der Waals surface area contributed by atoms with E-state index in [0.29, 0.717) is 13.1 Å². The SMILES string of the molecule is C=CCNC(=O)CN1CCC[C@@H](CN2CCCCCC2)C1. The summed E-state index contributed by atoms with van der Waals surface area (Å²) in [5, 5.41) is 2.88. The lowest BCUT2D eigenvalue weighted by Crippen LogP contribution is -2.45. The molecule has 4 nitrogen and oxygen atoms in total. The molecule has 21 heavy (non-hydrogen) atoms. The third-order valence-electron chi connectivity index (χ3n) is 4.63. The zero-order valence-electron chi connectivity index (χ0n) is 13.4. The van der Waals surface area contributed by atoms with Gasteiger partial charge < -0.3 is 10.2 Å². The van der Waals surface area contributed by atoms with Crippen LogP contribution < -0.4 is 5.32 Å². The molecule has 0 aromatic heterocycles. The Labute approximate surface area is 129 Å². The average molecular weight is 293 g/mol. The molecule has 2 heterocycles. The van der Waals surface area contributed by atoms with Crippen molar-refractivity contribution >= 4 is 5.91 Å². The monoisotopic (exact) mass is 293 g/mol. The van der Waals surface area contributed by atoms with Crippen LogP contribution in [0.4, 0.5) is 0 Å². The molecule has 4 heteroatoms. The first-order chi connectivity index (χ1) is 10.3. The maximum absolute atomic E-state index is 11.8. The zero-order valence-corrected chi connectivity index (χ0v) is 13.4. The molecule has 0 saturated carbocycles. The largest absolute Gasteiger partial charge is 0.352 e. The standard InChI is InChI=1S/C17H31N3O/c1-2-9-18-17(21)15-20-12-7-8-16(14-20)13-19-10-5-3-4-6-11-19/h2,16H,1,3-15H2,(H,18,21)/t16-/m0/s1. The molecule has 0 aliphatic carbocycles. The molecule has 2 aliphatic heterocycles. The third kappa shape index (κ3) is 6.18. The lowest BCUT2D eigenvalue weighted by Gasteiger charge is -2.35. The van der Waals surface area contributed by atoms with Crippen molar-refractivity contribution in [3.05, 3.63) is 12.7 Å². The van der Waals surface area contributed by atoms with Crippen LogP contribution in [0, 0.1) is 5.92 Å². The van der Waals surface area contributed by atoms with Gasteiger partial charge in [-0.15, -0.1) is 6.58 Å². The van der Waals surface area contributed by atoms with Crippen molar-refractivity contribution in [2.45, 2.75) is 38.5 Å². The molecule has 0 aromatic carbocycles. The molecule has 0 radical (unpaired) electrons. The summed E-state index contributed by atoms with van der Waals surface area (Å²) in [6, 6.07) is 0. The Kier molecular flexibility index (Phi) is 7.24. The van der Waals surface area contributed by atoms with Gasteiger partial charge >= 0.3 is 0 Å². The summed E-state index contributed by atoms with van der Waals surface area (Å²) in [5.41, 5.74) is 0. The minimum absolute atomic E-state index is 0.130. The van der Waals surface area contributed by atoms with Gasteiger partial charge in [0.15, 0.2) is 0 Å². The summed E-state index contributed by atoms with van der Waals surface area (Å²) in [4.78, 5) is 16.8. The van der Waals surface area contributed by atoms with Gasteiger partial charge in [-0.2, -0.15) is 0 Å². The number of nitrogens with one attached hydrogen (secondary N) is 1. The first-order valence-corrected chi connectivity index (χ1v) is 8.60. The van der Waals surface area contributed by atoms with Crippen molar-refractivity contribution in [1.29, 1.82) is 0 Å². The highest BCUT2D eigenvalue weighted by molar-refractivity contribution is 5.78. The molecule has 1 N–H and O–H groups in total. The van der Waals surface area contributed by atoms with Crippen molar-refractivity contribution in [2.75, 3.05) is 45.8 Å². The van der Waals surface area contributed by atoms with Gasteiger partial charge in [0, 0.05) is 19.6 Å². The van der Waals surface area contributed by atoms with Crippen molar-refractivity contribution < 1.29 is 4.79 Å². The summed E-state index contributed by atoms with van der Waals surface area (Å²) < 4.78 is 0. The Hall–Kier alpha value is -0.870. The molecule has 2 aliphatic rings. The molecule has 1 amide bonds. The number of piperidine rings is 1. The van der Waals surface area contributed by atoms with Crippen LogP contribution in [-0.4, -0.2) is 61.5 Å². The molecule has 0 unspecified atom stereocenters. The molecule has 120 valence electrons. The highest BCUT2D eigenvalue weighted by Gasteiger charge is 2.23. The van der Waals surface area contributed by atoms with Gasteiger partial charge in [0.05, 0.1) is 6.54 Å². The van der Waals surface area contributed by atoms with Crippen LogP contribution in [0.5, 0.6) is 0 Å². The molecular formula is C17H31N3O. The molecule has 2 fully saturated rings. The van der Waals surface area contributed by atoms with Crippen LogP contribution in [0.1, 0.15) is 38.5 Å². The van der Waals surface area contributed by atoms with Gasteiger partial charge in [0.2, 0.25) is 5.91 Å². The van der Waals surface area contributed by atoms with E-state index in [9.17, 15) is 4.79 Å². The Balaban J connectivity index is 1.72. The van der Waals surface area contributed by atoms with Gasteiger partial charge in [-0.25, -0.2) is 0 Å². The fourth-order valence-corrected chi connectivity index (χ4v) is 3.57. The molecule has 1 atom stereocenters. The summed E-state index contributed by atoms with van der Waals surface area (Å²) in [6.45, 7) is 10.7. The predicted octanol–water partition coefficient (Wildman–Crippen LogP) is 1.88. The van der Waals surface area contributed by atoms with Crippen LogP contribution in [-0.2, 0) is 4.79 Å². The summed E-state index contributed by atoms with van der Waals surface area (Å²) in [7, 11) is 0. The molecule has 2 rings (SSSR count). The second-order valence-corrected chi connectivity index (χ2v) is 6.55. The van der Waals surface area contributed by atoms with Crippen molar-refractivity contribution in [1.82, 2.24) is 15.1 Å². The number of nitrogens with zero attached hydrogens (tertiary/aromatic N) is 2. The van der Waals surface area contributed by atoms with Crippen molar-refractivity contribution in [3.63, 3.8) is 0 Å². The lowest BCUT2D eigenvalue weighted by molar-refractivity contribution is -0.122. The van der Waals surface area contributed by atoms with Crippen LogP contribution in [0.25, 0.3) is 0 Å². The quantitative estimate of drug-likeness (QED) is 0.760. The minimum Gasteiger partial charge on any atom is -0.352 e.